The van der Waals surface area contributed by atoms with Gasteiger partial charge in [0.05, 0.1) is 0 Å². The lowest BCUT2D eigenvalue weighted by atomic mass is 10.0. The van der Waals surface area contributed by atoms with Crippen molar-refractivity contribution in [2.24, 2.45) is 0 Å². The Labute approximate surface area is 145 Å². The van der Waals surface area contributed by atoms with Gasteiger partial charge < -0.3 is 9.84 Å². The van der Waals surface area contributed by atoms with Gasteiger partial charge in [0.2, 0.25) is 0 Å². The number of ether oxygens (including phenoxy) is 1. The number of carboxylic acid groups (broad SMARTS) is 1. The standard InChI is InChI=1S/C20H30O4/c1-2-3-4-5-6-7-8-9-10-11-12-17-13-15-18(16-14-17)24-20(23)19(21)22/h13-16H,2-12H2,1H3,(H,21,22). The number of rotatable bonds is 12. The van der Waals surface area contributed by atoms with E-state index in [0.717, 1.165) is 12.8 Å². The molecule has 1 rings (SSSR count). The van der Waals surface area contributed by atoms with E-state index in [1.54, 1.807) is 12.1 Å². The average Bonchev–Trinajstić information content (AvgIpc) is 2.58. The number of hydrogen-bond donors (Lipinski definition) is 1. The molecular weight excluding hydrogens is 304 g/mol. The molecule has 0 amide bonds. The molecule has 1 aromatic carbocycles. The summed E-state index contributed by atoms with van der Waals surface area (Å²) in [6, 6.07) is 7.06. The van der Waals surface area contributed by atoms with Gasteiger partial charge in [0.15, 0.2) is 0 Å². The number of carbonyl (C=O) groups is 2. The van der Waals surface area contributed by atoms with Crippen LogP contribution in [0.25, 0.3) is 0 Å². The zero-order valence-electron chi connectivity index (χ0n) is 14.8. The monoisotopic (exact) mass is 334 g/mol. The zero-order chi connectivity index (χ0) is 17.6. The zero-order valence-corrected chi connectivity index (χ0v) is 14.8. The van der Waals surface area contributed by atoms with Crippen LogP contribution in [0.2, 0.25) is 0 Å². The van der Waals surface area contributed by atoms with Gasteiger partial charge in [-0.3, -0.25) is 0 Å². The van der Waals surface area contributed by atoms with Gasteiger partial charge in [0, 0.05) is 0 Å². The van der Waals surface area contributed by atoms with E-state index in [-0.39, 0.29) is 5.75 Å². The predicted molar refractivity (Wildman–Crippen MR) is 95.3 cm³/mol. The van der Waals surface area contributed by atoms with Crippen molar-refractivity contribution in [1.82, 2.24) is 0 Å². The fraction of sp³-hybridized carbons (Fsp3) is 0.600. The third-order valence-corrected chi connectivity index (χ3v) is 4.13. The molecule has 1 aromatic rings. The van der Waals surface area contributed by atoms with Crippen molar-refractivity contribution in [2.75, 3.05) is 0 Å². The van der Waals surface area contributed by atoms with Crippen LogP contribution < -0.4 is 4.74 Å². The molecule has 0 radical (unpaired) electrons. The third-order valence-electron chi connectivity index (χ3n) is 4.13. The summed E-state index contributed by atoms with van der Waals surface area (Å²) in [6.45, 7) is 2.25. The van der Waals surface area contributed by atoms with E-state index >= 15 is 0 Å². The highest BCUT2D eigenvalue weighted by atomic mass is 16.6. The van der Waals surface area contributed by atoms with Crippen LogP contribution in [0, 0.1) is 0 Å². The van der Waals surface area contributed by atoms with Gasteiger partial charge >= 0.3 is 11.9 Å². The Morgan fingerprint density at radius 2 is 1.33 bits per heavy atom. The predicted octanol–water partition coefficient (Wildman–Crippen LogP) is 5.14. The molecule has 4 heteroatoms. The minimum absolute atomic E-state index is 0.272. The Bertz CT molecular complexity index is 479. The molecule has 0 atom stereocenters. The number of carbonyl (C=O) groups excluding carboxylic acids is 1. The van der Waals surface area contributed by atoms with Gasteiger partial charge in [0.25, 0.3) is 0 Å². The first-order valence-electron chi connectivity index (χ1n) is 9.17. The van der Waals surface area contributed by atoms with E-state index in [9.17, 15) is 9.59 Å². The molecule has 0 bridgehead atoms. The molecule has 134 valence electrons. The molecule has 0 unspecified atom stereocenters. The van der Waals surface area contributed by atoms with E-state index in [2.05, 4.69) is 6.92 Å². The third kappa shape index (κ3) is 9.33. The second-order valence-corrected chi connectivity index (χ2v) is 6.27. The van der Waals surface area contributed by atoms with E-state index in [4.69, 9.17) is 9.84 Å². The van der Waals surface area contributed by atoms with Crippen LogP contribution in [0.5, 0.6) is 5.75 Å². The summed E-state index contributed by atoms with van der Waals surface area (Å²) in [5, 5.41) is 8.48. The molecule has 1 N–H and O–H groups in total. The molecule has 0 aliphatic carbocycles. The molecule has 0 aromatic heterocycles. The van der Waals surface area contributed by atoms with Gasteiger partial charge in [-0.15, -0.1) is 0 Å². The first kappa shape index (κ1) is 20.2. The lowest BCUT2D eigenvalue weighted by molar-refractivity contribution is -0.158. The minimum atomic E-state index is -1.58. The summed E-state index contributed by atoms with van der Waals surface area (Å²) >= 11 is 0. The summed E-state index contributed by atoms with van der Waals surface area (Å²) < 4.78 is 4.70. The van der Waals surface area contributed by atoms with Crippen molar-refractivity contribution in [1.29, 1.82) is 0 Å². The van der Waals surface area contributed by atoms with Gasteiger partial charge in [-0.05, 0) is 30.5 Å². The molecule has 0 fully saturated rings. The summed E-state index contributed by atoms with van der Waals surface area (Å²) in [6.07, 6.45) is 14.2. The smallest absolute Gasteiger partial charge is 0.422 e. The highest BCUT2D eigenvalue weighted by Gasteiger charge is 2.13. The first-order chi connectivity index (χ1) is 11.6. The minimum Gasteiger partial charge on any atom is -0.473 e. The quantitative estimate of drug-likeness (QED) is 0.249. The summed E-state index contributed by atoms with van der Waals surface area (Å²) in [7, 11) is 0. The SMILES string of the molecule is CCCCCCCCCCCCc1ccc(OC(=O)C(=O)O)cc1. The lowest BCUT2D eigenvalue weighted by Gasteiger charge is -2.05. The Kier molecular flexibility index (Phi) is 10.6. The highest BCUT2D eigenvalue weighted by molar-refractivity contribution is 6.29. The molecule has 0 spiro atoms. The van der Waals surface area contributed by atoms with Crippen molar-refractivity contribution in [2.45, 2.75) is 77.6 Å². The van der Waals surface area contributed by atoms with E-state index in [1.165, 1.54) is 63.4 Å². The summed E-state index contributed by atoms with van der Waals surface area (Å²) in [5.41, 5.74) is 1.18. The highest BCUT2D eigenvalue weighted by Crippen LogP contribution is 2.16. The van der Waals surface area contributed by atoms with Crippen LogP contribution in [0.4, 0.5) is 0 Å². The topological polar surface area (TPSA) is 63.6 Å². The van der Waals surface area contributed by atoms with Crippen LogP contribution in [0.1, 0.15) is 76.7 Å². The lowest BCUT2D eigenvalue weighted by Crippen LogP contribution is -2.19. The van der Waals surface area contributed by atoms with Gasteiger partial charge in [-0.2, -0.15) is 0 Å². The van der Waals surface area contributed by atoms with Crippen molar-refractivity contribution in [3.05, 3.63) is 29.8 Å². The maximum Gasteiger partial charge on any atom is 0.422 e. The maximum absolute atomic E-state index is 10.9. The van der Waals surface area contributed by atoms with E-state index < -0.39 is 11.9 Å². The summed E-state index contributed by atoms with van der Waals surface area (Å²) in [5.74, 6) is -2.56. The number of unbranched alkanes of at least 4 members (excludes halogenated alkanes) is 9. The molecule has 0 aliphatic heterocycles. The number of aryl methyl sites for hydroxylation is 1. The second-order valence-electron chi connectivity index (χ2n) is 6.27. The van der Waals surface area contributed by atoms with Crippen LogP contribution in [-0.4, -0.2) is 17.0 Å². The first-order valence-corrected chi connectivity index (χ1v) is 9.17. The Hall–Kier alpha value is -1.84. The largest absolute Gasteiger partial charge is 0.473 e. The van der Waals surface area contributed by atoms with Gasteiger partial charge in [0.1, 0.15) is 5.75 Å². The van der Waals surface area contributed by atoms with Crippen molar-refractivity contribution in [3.63, 3.8) is 0 Å². The number of carboxylic acids is 1. The molecule has 24 heavy (non-hydrogen) atoms. The number of benzene rings is 1. The van der Waals surface area contributed by atoms with Gasteiger partial charge in [-0.1, -0.05) is 76.8 Å². The van der Waals surface area contributed by atoms with Crippen molar-refractivity contribution < 1.29 is 19.4 Å². The van der Waals surface area contributed by atoms with Crippen LogP contribution in [0.15, 0.2) is 24.3 Å². The Morgan fingerprint density at radius 1 is 0.833 bits per heavy atom. The number of aliphatic carboxylic acids is 1. The van der Waals surface area contributed by atoms with Gasteiger partial charge in [-0.25, -0.2) is 9.59 Å². The fourth-order valence-electron chi connectivity index (χ4n) is 2.69. The Balaban J connectivity index is 2.07. The molecule has 0 heterocycles. The Morgan fingerprint density at radius 3 is 1.83 bits per heavy atom. The van der Waals surface area contributed by atoms with Crippen molar-refractivity contribution >= 4 is 11.9 Å². The number of esters is 1. The second kappa shape index (κ2) is 12.6. The van der Waals surface area contributed by atoms with Crippen LogP contribution >= 0.6 is 0 Å². The van der Waals surface area contributed by atoms with Crippen LogP contribution in [0.3, 0.4) is 0 Å². The van der Waals surface area contributed by atoms with Crippen LogP contribution in [-0.2, 0) is 16.0 Å². The van der Waals surface area contributed by atoms with E-state index in [1.807, 2.05) is 12.1 Å². The maximum atomic E-state index is 10.9. The molecule has 0 aliphatic rings. The molecule has 4 nitrogen and oxygen atoms in total. The summed E-state index contributed by atoms with van der Waals surface area (Å²) in [4.78, 5) is 21.4. The van der Waals surface area contributed by atoms with Crippen molar-refractivity contribution in [3.8, 4) is 5.75 Å². The molecule has 0 saturated carbocycles. The molecule has 0 saturated heterocycles. The normalized spacial score (nSPS) is 10.5. The fourth-order valence-corrected chi connectivity index (χ4v) is 2.69. The molecular formula is C20H30O4. The average molecular weight is 334 g/mol. The van der Waals surface area contributed by atoms with E-state index in [0.29, 0.717) is 0 Å². The number of hydrogen-bond acceptors (Lipinski definition) is 3.